The molecule has 160 valence electrons. The summed E-state index contributed by atoms with van der Waals surface area (Å²) < 4.78 is 23.3. The largest absolute Gasteiger partial charge is 0.468 e. The molecule has 1 aromatic rings. The molecule has 4 rings (SSSR count). The molecule has 3 saturated heterocycles. The van der Waals surface area contributed by atoms with Crippen molar-refractivity contribution in [3.05, 3.63) is 35.9 Å². The van der Waals surface area contributed by atoms with Crippen LogP contribution in [-0.2, 0) is 30.3 Å². The van der Waals surface area contributed by atoms with Crippen LogP contribution in [0.5, 0.6) is 0 Å². The Morgan fingerprint density at radius 3 is 2.72 bits per heavy atom. The van der Waals surface area contributed by atoms with Crippen molar-refractivity contribution < 1.29 is 23.7 Å². The maximum absolute atomic E-state index is 12.8. The predicted molar refractivity (Wildman–Crippen MR) is 108 cm³/mol. The number of carbonyl (C=O) groups excluding carboxylic acids is 1. The second-order valence-corrected chi connectivity index (χ2v) is 9.46. The summed E-state index contributed by atoms with van der Waals surface area (Å²) in [5, 5.41) is 0. The van der Waals surface area contributed by atoms with Crippen LogP contribution in [0, 0.1) is 5.92 Å². The van der Waals surface area contributed by atoms with Crippen molar-refractivity contribution in [3.63, 3.8) is 0 Å². The number of nitrogens with zero attached hydrogens (tertiary/aromatic N) is 1. The summed E-state index contributed by atoms with van der Waals surface area (Å²) in [5.74, 6) is 0.0667. The number of hydrogen-bond acceptors (Lipinski definition) is 6. The van der Waals surface area contributed by atoms with Gasteiger partial charge in [-0.1, -0.05) is 30.3 Å². The Labute approximate surface area is 173 Å². The monoisotopic (exact) mass is 403 g/mol. The van der Waals surface area contributed by atoms with E-state index in [-0.39, 0.29) is 35.9 Å². The molecule has 29 heavy (non-hydrogen) atoms. The van der Waals surface area contributed by atoms with Crippen molar-refractivity contribution in [2.75, 3.05) is 20.3 Å². The van der Waals surface area contributed by atoms with E-state index in [1.807, 2.05) is 39.0 Å². The number of benzene rings is 1. The number of fused-ring (bicyclic) bond motifs is 1. The Hall–Kier alpha value is -1.47. The molecule has 0 bridgehead atoms. The van der Waals surface area contributed by atoms with Crippen LogP contribution >= 0.6 is 0 Å². The van der Waals surface area contributed by atoms with Crippen LogP contribution in [0.15, 0.2) is 30.3 Å². The van der Waals surface area contributed by atoms with Gasteiger partial charge in [0.1, 0.15) is 11.6 Å². The topological polar surface area (TPSA) is 60.5 Å². The third-order valence-electron chi connectivity index (χ3n) is 6.35. The number of ether oxygens (including phenoxy) is 4. The summed E-state index contributed by atoms with van der Waals surface area (Å²) in [4.78, 5) is 15.1. The zero-order valence-electron chi connectivity index (χ0n) is 17.9. The molecule has 0 radical (unpaired) electrons. The van der Waals surface area contributed by atoms with Crippen molar-refractivity contribution in [2.45, 2.75) is 76.2 Å². The van der Waals surface area contributed by atoms with Gasteiger partial charge in [-0.25, -0.2) is 0 Å². The van der Waals surface area contributed by atoms with E-state index in [2.05, 4.69) is 17.0 Å². The molecule has 5 atom stereocenters. The molecule has 0 spiro atoms. The first-order valence-electron chi connectivity index (χ1n) is 10.6. The molecule has 0 aromatic heterocycles. The smallest absolute Gasteiger partial charge is 0.326 e. The molecule has 0 N–H and O–H groups in total. The molecule has 6 heteroatoms. The van der Waals surface area contributed by atoms with Crippen LogP contribution in [0.1, 0.15) is 45.6 Å². The first kappa shape index (κ1) is 20.8. The summed E-state index contributed by atoms with van der Waals surface area (Å²) in [7, 11) is 1.49. The molecule has 3 fully saturated rings. The lowest BCUT2D eigenvalue weighted by Gasteiger charge is -2.32. The van der Waals surface area contributed by atoms with E-state index in [0.717, 1.165) is 31.4 Å². The lowest BCUT2D eigenvalue weighted by Crippen LogP contribution is -2.50. The molecular formula is C23H33NO5. The van der Waals surface area contributed by atoms with Gasteiger partial charge in [0, 0.05) is 12.0 Å². The fourth-order valence-corrected chi connectivity index (χ4v) is 5.13. The van der Waals surface area contributed by atoms with Gasteiger partial charge in [0.05, 0.1) is 25.9 Å². The first-order chi connectivity index (χ1) is 13.8. The molecule has 3 heterocycles. The van der Waals surface area contributed by atoms with E-state index in [1.54, 1.807) is 0 Å². The van der Waals surface area contributed by atoms with Crippen LogP contribution in [-0.4, -0.2) is 60.7 Å². The third-order valence-corrected chi connectivity index (χ3v) is 6.35. The zero-order chi connectivity index (χ0) is 20.6. The third kappa shape index (κ3) is 4.22. The van der Waals surface area contributed by atoms with E-state index in [0.29, 0.717) is 13.2 Å². The molecule has 0 amide bonds. The summed E-state index contributed by atoms with van der Waals surface area (Å²) in [6, 6.07) is 10.3. The van der Waals surface area contributed by atoms with Crippen LogP contribution in [0.4, 0.5) is 0 Å². The van der Waals surface area contributed by atoms with Crippen molar-refractivity contribution in [1.82, 2.24) is 4.90 Å². The van der Waals surface area contributed by atoms with Gasteiger partial charge in [-0.2, -0.15) is 0 Å². The highest BCUT2D eigenvalue weighted by molar-refractivity contribution is 5.82. The second-order valence-electron chi connectivity index (χ2n) is 9.46. The molecule has 6 nitrogen and oxygen atoms in total. The minimum absolute atomic E-state index is 0.00619. The van der Waals surface area contributed by atoms with Gasteiger partial charge in [0.15, 0.2) is 6.29 Å². The first-order valence-corrected chi connectivity index (χ1v) is 10.6. The van der Waals surface area contributed by atoms with Gasteiger partial charge < -0.3 is 18.9 Å². The maximum Gasteiger partial charge on any atom is 0.326 e. The van der Waals surface area contributed by atoms with Gasteiger partial charge in [-0.3, -0.25) is 9.69 Å². The number of hydrogen-bond donors (Lipinski definition) is 0. The van der Waals surface area contributed by atoms with Crippen molar-refractivity contribution in [1.29, 1.82) is 0 Å². The lowest BCUT2D eigenvalue weighted by atomic mass is 9.87. The van der Waals surface area contributed by atoms with Crippen molar-refractivity contribution in [3.8, 4) is 0 Å². The highest BCUT2D eigenvalue weighted by Gasteiger charge is 2.64. The standard InChI is InChI=1S/C23H33NO5/c1-22(2,3)29-20-19(28-20)17-13-23(21(25)26-4)11-8-12-24(23)18(17)15-27-14-16-9-6-5-7-10-16/h5-7,9-10,17-20H,8,11-15H2,1-4H3/t17-,18-,19?,20?,23-/m0/s1. The molecule has 0 aliphatic carbocycles. The Morgan fingerprint density at radius 2 is 2.03 bits per heavy atom. The second kappa shape index (κ2) is 7.99. The molecule has 2 unspecified atom stereocenters. The maximum atomic E-state index is 12.8. The number of methoxy groups -OCH3 is 1. The summed E-state index contributed by atoms with van der Waals surface area (Å²) >= 11 is 0. The van der Waals surface area contributed by atoms with Gasteiger partial charge in [-0.05, 0) is 52.1 Å². The van der Waals surface area contributed by atoms with Gasteiger partial charge in [0.25, 0.3) is 0 Å². The van der Waals surface area contributed by atoms with Crippen LogP contribution in [0.25, 0.3) is 0 Å². The Morgan fingerprint density at radius 1 is 1.28 bits per heavy atom. The van der Waals surface area contributed by atoms with E-state index in [9.17, 15) is 4.79 Å². The summed E-state index contributed by atoms with van der Waals surface area (Å²) in [6.07, 6.45) is 2.39. The van der Waals surface area contributed by atoms with E-state index in [4.69, 9.17) is 18.9 Å². The SMILES string of the molecule is COC(=O)[C@@]12CCCN1[C@@H](COCc1ccccc1)[C@@H](C1OC1OC(C)(C)C)C2. The minimum atomic E-state index is -0.543. The van der Waals surface area contributed by atoms with Crippen LogP contribution in [0.2, 0.25) is 0 Å². The number of esters is 1. The number of epoxide rings is 1. The average molecular weight is 404 g/mol. The molecule has 3 aliphatic rings. The van der Waals surface area contributed by atoms with E-state index < -0.39 is 5.54 Å². The average Bonchev–Trinajstić information content (AvgIpc) is 3.16. The highest BCUT2D eigenvalue weighted by Crippen LogP contribution is 2.51. The van der Waals surface area contributed by atoms with E-state index in [1.165, 1.54) is 7.11 Å². The predicted octanol–water partition coefficient (Wildman–Crippen LogP) is 3.14. The normalized spacial score (nSPS) is 34.2. The van der Waals surface area contributed by atoms with Gasteiger partial charge in [-0.15, -0.1) is 0 Å². The fraction of sp³-hybridized carbons (Fsp3) is 0.696. The molecule has 3 aliphatic heterocycles. The van der Waals surface area contributed by atoms with Gasteiger partial charge in [0.2, 0.25) is 0 Å². The summed E-state index contributed by atoms with van der Waals surface area (Å²) in [5.41, 5.74) is 0.352. The van der Waals surface area contributed by atoms with Crippen molar-refractivity contribution >= 4 is 5.97 Å². The minimum Gasteiger partial charge on any atom is -0.468 e. The zero-order valence-corrected chi connectivity index (χ0v) is 17.9. The van der Waals surface area contributed by atoms with Crippen LogP contribution in [0.3, 0.4) is 0 Å². The molecule has 0 saturated carbocycles. The summed E-state index contributed by atoms with van der Waals surface area (Å²) in [6.45, 7) is 8.14. The van der Waals surface area contributed by atoms with Gasteiger partial charge >= 0.3 is 5.97 Å². The van der Waals surface area contributed by atoms with Crippen LogP contribution < -0.4 is 0 Å². The Bertz CT molecular complexity index is 718. The fourth-order valence-electron chi connectivity index (χ4n) is 5.13. The Kier molecular flexibility index (Phi) is 5.73. The molecular weight excluding hydrogens is 370 g/mol. The number of carbonyl (C=O) groups is 1. The van der Waals surface area contributed by atoms with E-state index >= 15 is 0 Å². The van der Waals surface area contributed by atoms with Crippen molar-refractivity contribution in [2.24, 2.45) is 5.92 Å². The Balaban J connectivity index is 1.48. The quantitative estimate of drug-likeness (QED) is 0.515. The number of rotatable bonds is 7. The lowest BCUT2D eigenvalue weighted by molar-refractivity contribution is -0.152. The molecule has 1 aromatic carbocycles. The highest BCUT2D eigenvalue weighted by atomic mass is 16.8.